The summed E-state index contributed by atoms with van der Waals surface area (Å²) in [6, 6.07) is 2.30. The number of carbonyl (C=O) groups is 1. The van der Waals surface area contributed by atoms with Crippen LogP contribution in [0.25, 0.3) is 0 Å². The van der Waals surface area contributed by atoms with E-state index in [1.807, 2.05) is 0 Å². The van der Waals surface area contributed by atoms with Gasteiger partial charge in [0.15, 0.2) is 0 Å². The van der Waals surface area contributed by atoms with Crippen molar-refractivity contribution >= 4 is 6.09 Å². The van der Waals surface area contributed by atoms with Crippen molar-refractivity contribution in [2.24, 2.45) is 5.92 Å². The van der Waals surface area contributed by atoms with E-state index in [9.17, 15) is 4.79 Å². The topological polar surface area (TPSA) is 53.3 Å². The Morgan fingerprint density at radius 2 is 2.00 bits per heavy atom. The van der Waals surface area contributed by atoms with Crippen molar-refractivity contribution < 1.29 is 9.53 Å². The van der Waals surface area contributed by atoms with Gasteiger partial charge in [-0.15, -0.1) is 0 Å². The second-order valence-corrected chi connectivity index (χ2v) is 3.57. The number of hydrogen-bond donors (Lipinski definition) is 0. The van der Waals surface area contributed by atoms with Crippen LogP contribution in [0.3, 0.4) is 0 Å². The molecule has 14 heavy (non-hydrogen) atoms. The molecule has 4 heteroatoms. The highest BCUT2D eigenvalue weighted by Crippen LogP contribution is 2.17. The molecule has 0 N–H and O–H groups in total. The Bertz CT molecular complexity index is 225. The Morgan fingerprint density at radius 3 is 2.43 bits per heavy atom. The van der Waals surface area contributed by atoms with Gasteiger partial charge < -0.3 is 9.64 Å². The van der Waals surface area contributed by atoms with Crippen molar-refractivity contribution in [2.45, 2.75) is 25.7 Å². The molecule has 0 bridgehead atoms. The summed E-state index contributed by atoms with van der Waals surface area (Å²) in [5, 5.41) is 8.77. The standard InChI is InChI=1S/C10H16N2O2/c1-14-10(13)12-6-2-4-9(8-11)5-3-7-12/h9H,2-7H2,1H3. The Labute approximate surface area is 84.4 Å². The SMILES string of the molecule is COC(=O)N1CCCC(C#N)CCC1. The van der Waals surface area contributed by atoms with Gasteiger partial charge in [-0.3, -0.25) is 0 Å². The first kappa shape index (κ1) is 10.8. The van der Waals surface area contributed by atoms with Gasteiger partial charge in [-0.05, 0) is 25.7 Å². The fourth-order valence-electron chi connectivity index (χ4n) is 1.75. The normalized spacial score (nSPS) is 19.3. The van der Waals surface area contributed by atoms with Gasteiger partial charge in [0, 0.05) is 19.0 Å². The van der Waals surface area contributed by atoms with Crippen molar-refractivity contribution in [1.29, 1.82) is 5.26 Å². The second kappa shape index (κ2) is 5.48. The number of ether oxygens (including phenoxy) is 1. The second-order valence-electron chi connectivity index (χ2n) is 3.57. The fourth-order valence-corrected chi connectivity index (χ4v) is 1.75. The average Bonchev–Trinajstić information content (AvgIpc) is 2.17. The highest BCUT2D eigenvalue weighted by atomic mass is 16.5. The van der Waals surface area contributed by atoms with Gasteiger partial charge in [0.1, 0.15) is 0 Å². The highest BCUT2D eigenvalue weighted by Gasteiger charge is 2.18. The van der Waals surface area contributed by atoms with Crippen LogP contribution in [0.4, 0.5) is 4.79 Å². The van der Waals surface area contributed by atoms with Gasteiger partial charge >= 0.3 is 6.09 Å². The Balaban J connectivity index is 2.40. The van der Waals surface area contributed by atoms with Crippen LogP contribution in [0.2, 0.25) is 0 Å². The van der Waals surface area contributed by atoms with Crippen LogP contribution in [0.15, 0.2) is 0 Å². The first-order chi connectivity index (χ1) is 6.77. The monoisotopic (exact) mass is 196 g/mol. The number of likely N-dealkylation sites (tertiary alicyclic amines) is 1. The summed E-state index contributed by atoms with van der Waals surface area (Å²) in [5.74, 6) is 0.176. The number of rotatable bonds is 0. The van der Waals surface area contributed by atoms with Gasteiger partial charge in [0.05, 0.1) is 13.2 Å². The summed E-state index contributed by atoms with van der Waals surface area (Å²) in [6.45, 7) is 1.43. The lowest BCUT2D eigenvalue weighted by atomic mass is 9.97. The zero-order valence-electron chi connectivity index (χ0n) is 8.53. The molecule has 0 spiro atoms. The lowest BCUT2D eigenvalue weighted by Gasteiger charge is -2.24. The van der Waals surface area contributed by atoms with E-state index in [1.165, 1.54) is 7.11 Å². The molecule has 1 aliphatic rings. The summed E-state index contributed by atoms with van der Waals surface area (Å²) in [7, 11) is 1.40. The van der Waals surface area contributed by atoms with Crippen LogP contribution in [-0.2, 0) is 4.74 Å². The quantitative estimate of drug-likeness (QED) is 0.593. The molecule has 0 radical (unpaired) electrons. The molecular formula is C10H16N2O2. The number of methoxy groups -OCH3 is 1. The van der Waals surface area contributed by atoms with Crippen LogP contribution >= 0.6 is 0 Å². The van der Waals surface area contributed by atoms with Crippen molar-refractivity contribution in [2.75, 3.05) is 20.2 Å². The molecule has 1 heterocycles. The predicted octanol–water partition coefficient (Wildman–Crippen LogP) is 1.77. The van der Waals surface area contributed by atoms with Crippen molar-refractivity contribution in [3.05, 3.63) is 0 Å². The molecule has 0 atom stereocenters. The molecule has 1 saturated heterocycles. The predicted molar refractivity (Wildman–Crippen MR) is 51.5 cm³/mol. The van der Waals surface area contributed by atoms with E-state index in [1.54, 1.807) is 4.90 Å². The van der Waals surface area contributed by atoms with Crippen molar-refractivity contribution in [3.8, 4) is 6.07 Å². The zero-order chi connectivity index (χ0) is 10.4. The zero-order valence-corrected chi connectivity index (χ0v) is 8.53. The molecule has 0 aliphatic carbocycles. The minimum absolute atomic E-state index is 0.176. The van der Waals surface area contributed by atoms with E-state index in [0.717, 1.165) is 25.7 Å². The first-order valence-corrected chi connectivity index (χ1v) is 5.00. The van der Waals surface area contributed by atoms with E-state index in [-0.39, 0.29) is 12.0 Å². The molecule has 1 aliphatic heterocycles. The van der Waals surface area contributed by atoms with Crippen LogP contribution in [-0.4, -0.2) is 31.2 Å². The van der Waals surface area contributed by atoms with Gasteiger partial charge in [-0.25, -0.2) is 4.79 Å². The van der Waals surface area contributed by atoms with E-state index in [2.05, 4.69) is 10.8 Å². The molecule has 0 aromatic carbocycles. The maximum absolute atomic E-state index is 11.2. The molecule has 78 valence electrons. The molecule has 4 nitrogen and oxygen atoms in total. The van der Waals surface area contributed by atoms with Gasteiger partial charge in [-0.1, -0.05) is 0 Å². The van der Waals surface area contributed by atoms with E-state index in [0.29, 0.717) is 13.1 Å². The molecule has 0 saturated carbocycles. The van der Waals surface area contributed by atoms with Crippen molar-refractivity contribution in [1.82, 2.24) is 4.90 Å². The molecule has 1 fully saturated rings. The van der Waals surface area contributed by atoms with Gasteiger partial charge in [0.2, 0.25) is 0 Å². The van der Waals surface area contributed by atoms with E-state index >= 15 is 0 Å². The maximum atomic E-state index is 11.2. The van der Waals surface area contributed by atoms with Crippen LogP contribution < -0.4 is 0 Å². The summed E-state index contributed by atoms with van der Waals surface area (Å²) >= 11 is 0. The Hall–Kier alpha value is -1.24. The third-order valence-corrected chi connectivity index (χ3v) is 2.58. The largest absolute Gasteiger partial charge is 0.453 e. The third-order valence-electron chi connectivity index (χ3n) is 2.58. The summed E-state index contributed by atoms with van der Waals surface area (Å²) in [5.41, 5.74) is 0. The molecule has 0 aromatic heterocycles. The van der Waals surface area contributed by atoms with Crippen LogP contribution in [0.1, 0.15) is 25.7 Å². The minimum atomic E-state index is -0.250. The molecule has 1 rings (SSSR count). The molecular weight excluding hydrogens is 180 g/mol. The number of nitriles is 1. The average molecular weight is 196 g/mol. The summed E-state index contributed by atoms with van der Waals surface area (Å²) < 4.78 is 4.66. The minimum Gasteiger partial charge on any atom is -0.453 e. The maximum Gasteiger partial charge on any atom is 0.409 e. The molecule has 0 aromatic rings. The van der Waals surface area contributed by atoms with Gasteiger partial charge in [-0.2, -0.15) is 5.26 Å². The summed E-state index contributed by atoms with van der Waals surface area (Å²) in [4.78, 5) is 12.9. The smallest absolute Gasteiger partial charge is 0.409 e. The number of carbonyl (C=O) groups excluding carboxylic acids is 1. The third kappa shape index (κ3) is 2.91. The van der Waals surface area contributed by atoms with Crippen LogP contribution in [0.5, 0.6) is 0 Å². The lowest BCUT2D eigenvalue weighted by molar-refractivity contribution is 0.118. The molecule has 1 amide bonds. The first-order valence-electron chi connectivity index (χ1n) is 5.00. The fraction of sp³-hybridized carbons (Fsp3) is 0.800. The lowest BCUT2D eigenvalue weighted by Crippen LogP contribution is -2.34. The Kier molecular flexibility index (Phi) is 4.24. The Morgan fingerprint density at radius 1 is 1.43 bits per heavy atom. The van der Waals surface area contributed by atoms with Gasteiger partial charge in [0.25, 0.3) is 0 Å². The number of hydrogen-bond acceptors (Lipinski definition) is 3. The summed E-state index contributed by atoms with van der Waals surface area (Å²) in [6.07, 6.45) is 3.33. The number of nitrogens with zero attached hydrogens (tertiary/aromatic N) is 2. The highest BCUT2D eigenvalue weighted by molar-refractivity contribution is 5.67. The van der Waals surface area contributed by atoms with E-state index in [4.69, 9.17) is 5.26 Å². The van der Waals surface area contributed by atoms with Crippen molar-refractivity contribution in [3.63, 3.8) is 0 Å². The number of amides is 1. The van der Waals surface area contributed by atoms with E-state index < -0.39 is 0 Å². The molecule has 0 unspecified atom stereocenters. The van der Waals surface area contributed by atoms with Crippen LogP contribution in [0, 0.1) is 17.2 Å².